The van der Waals surface area contributed by atoms with Gasteiger partial charge < -0.3 is 10.8 Å². The van der Waals surface area contributed by atoms with Crippen molar-refractivity contribution in [1.29, 1.82) is 0 Å². The molecule has 0 aromatic rings. The van der Waals surface area contributed by atoms with Gasteiger partial charge in [0, 0.05) is 38.8 Å². The molecule has 0 aromatic heterocycles. The molecule has 1 unspecified atom stereocenters. The lowest BCUT2D eigenvalue weighted by molar-refractivity contribution is 0.0674. The van der Waals surface area contributed by atoms with E-state index in [1.165, 1.54) is 25.9 Å². The summed E-state index contributed by atoms with van der Waals surface area (Å²) in [7, 11) is 0. The Kier molecular flexibility index (Phi) is 3.97. The lowest BCUT2D eigenvalue weighted by atomic mass is 10.2. The molecule has 3 N–H and O–H groups in total. The molecule has 2 aliphatic rings. The first-order valence-electron chi connectivity index (χ1n) is 6.14. The Bertz CT molecular complexity index is 188. The van der Waals surface area contributed by atoms with Gasteiger partial charge in [0.25, 0.3) is 0 Å². The first kappa shape index (κ1) is 11.3. The lowest BCUT2D eigenvalue weighted by Crippen LogP contribution is -2.49. The standard InChI is InChI=1S/C11H23N3O/c12-4-3-11(15)9-13-5-7-14(8-6-13)10-1-2-10/h10-11,15H,1-9,12H2. The Labute approximate surface area is 92.0 Å². The largest absolute Gasteiger partial charge is 0.392 e. The molecular weight excluding hydrogens is 190 g/mol. The molecule has 15 heavy (non-hydrogen) atoms. The zero-order valence-corrected chi connectivity index (χ0v) is 9.44. The van der Waals surface area contributed by atoms with E-state index in [4.69, 9.17) is 5.73 Å². The Balaban J connectivity index is 1.64. The molecule has 4 nitrogen and oxygen atoms in total. The van der Waals surface area contributed by atoms with Crippen LogP contribution in [0.4, 0.5) is 0 Å². The van der Waals surface area contributed by atoms with E-state index < -0.39 is 0 Å². The smallest absolute Gasteiger partial charge is 0.0679 e. The molecule has 1 saturated carbocycles. The Hall–Kier alpha value is -0.160. The third-order valence-electron chi connectivity index (χ3n) is 3.44. The van der Waals surface area contributed by atoms with Crippen LogP contribution in [0.15, 0.2) is 0 Å². The fourth-order valence-corrected chi connectivity index (χ4v) is 2.33. The fraction of sp³-hybridized carbons (Fsp3) is 1.00. The molecule has 1 heterocycles. The number of β-amino-alcohol motifs (C(OH)–C–C–N with tert-alkyl or cyclic N) is 1. The molecule has 2 fully saturated rings. The molecule has 1 saturated heterocycles. The average molecular weight is 213 g/mol. The second-order valence-electron chi connectivity index (χ2n) is 4.80. The molecular formula is C11H23N3O. The highest BCUT2D eigenvalue weighted by molar-refractivity contribution is 4.87. The van der Waals surface area contributed by atoms with Crippen molar-refractivity contribution in [3.63, 3.8) is 0 Å². The number of rotatable bonds is 5. The minimum atomic E-state index is -0.234. The maximum absolute atomic E-state index is 9.65. The van der Waals surface area contributed by atoms with Crippen molar-refractivity contribution in [3.8, 4) is 0 Å². The van der Waals surface area contributed by atoms with E-state index in [0.29, 0.717) is 6.54 Å². The first-order chi connectivity index (χ1) is 7.29. The maximum atomic E-state index is 9.65. The topological polar surface area (TPSA) is 52.7 Å². The van der Waals surface area contributed by atoms with Crippen molar-refractivity contribution < 1.29 is 5.11 Å². The molecule has 1 aliphatic carbocycles. The minimum absolute atomic E-state index is 0.234. The van der Waals surface area contributed by atoms with Crippen LogP contribution in [0.2, 0.25) is 0 Å². The summed E-state index contributed by atoms with van der Waals surface area (Å²) in [5, 5.41) is 9.65. The summed E-state index contributed by atoms with van der Waals surface area (Å²) in [6, 6.07) is 0.890. The first-order valence-corrected chi connectivity index (χ1v) is 6.14. The number of nitrogens with zero attached hydrogens (tertiary/aromatic N) is 2. The normalized spacial score (nSPS) is 26.8. The summed E-state index contributed by atoms with van der Waals surface area (Å²) in [4.78, 5) is 4.95. The van der Waals surface area contributed by atoms with E-state index >= 15 is 0 Å². The predicted molar refractivity (Wildman–Crippen MR) is 60.7 cm³/mol. The summed E-state index contributed by atoms with van der Waals surface area (Å²) in [5.41, 5.74) is 5.42. The molecule has 4 heteroatoms. The van der Waals surface area contributed by atoms with Gasteiger partial charge in [-0.2, -0.15) is 0 Å². The van der Waals surface area contributed by atoms with Gasteiger partial charge in [-0.05, 0) is 25.8 Å². The van der Waals surface area contributed by atoms with Crippen LogP contribution in [0.3, 0.4) is 0 Å². The van der Waals surface area contributed by atoms with Gasteiger partial charge in [-0.3, -0.25) is 9.80 Å². The van der Waals surface area contributed by atoms with E-state index in [1.807, 2.05) is 0 Å². The van der Waals surface area contributed by atoms with Gasteiger partial charge in [0.1, 0.15) is 0 Å². The SMILES string of the molecule is NCCC(O)CN1CCN(C2CC2)CC1. The predicted octanol–water partition coefficient (Wildman–Crippen LogP) is -0.524. The van der Waals surface area contributed by atoms with Crippen molar-refractivity contribution in [3.05, 3.63) is 0 Å². The second-order valence-corrected chi connectivity index (χ2v) is 4.80. The van der Waals surface area contributed by atoms with E-state index in [0.717, 1.165) is 32.1 Å². The van der Waals surface area contributed by atoms with Crippen molar-refractivity contribution in [1.82, 2.24) is 9.80 Å². The van der Waals surface area contributed by atoms with E-state index in [1.54, 1.807) is 0 Å². The van der Waals surface area contributed by atoms with Crippen LogP contribution in [0.5, 0.6) is 0 Å². The van der Waals surface area contributed by atoms with Gasteiger partial charge >= 0.3 is 0 Å². The van der Waals surface area contributed by atoms with Crippen LogP contribution < -0.4 is 5.73 Å². The molecule has 0 bridgehead atoms. The Morgan fingerprint density at radius 1 is 1.20 bits per heavy atom. The van der Waals surface area contributed by atoms with Gasteiger partial charge in [0.05, 0.1) is 6.10 Å². The van der Waals surface area contributed by atoms with Gasteiger partial charge in [-0.1, -0.05) is 0 Å². The number of nitrogens with two attached hydrogens (primary N) is 1. The van der Waals surface area contributed by atoms with E-state index in [9.17, 15) is 5.11 Å². The molecule has 0 amide bonds. The molecule has 1 atom stereocenters. The quantitative estimate of drug-likeness (QED) is 0.645. The number of hydrogen-bond donors (Lipinski definition) is 2. The molecule has 0 radical (unpaired) electrons. The zero-order valence-electron chi connectivity index (χ0n) is 9.44. The zero-order chi connectivity index (χ0) is 10.7. The van der Waals surface area contributed by atoms with Crippen molar-refractivity contribution >= 4 is 0 Å². The monoisotopic (exact) mass is 213 g/mol. The number of aliphatic hydroxyl groups is 1. The summed E-state index contributed by atoms with van der Waals surface area (Å²) in [6.45, 7) is 5.97. The molecule has 2 rings (SSSR count). The maximum Gasteiger partial charge on any atom is 0.0679 e. The van der Waals surface area contributed by atoms with Gasteiger partial charge in [0.2, 0.25) is 0 Å². The molecule has 1 aliphatic heterocycles. The van der Waals surface area contributed by atoms with Gasteiger partial charge in [0.15, 0.2) is 0 Å². The van der Waals surface area contributed by atoms with Crippen molar-refractivity contribution in [2.45, 2.75) is 31.4 Å². The minimum Gasteiger partial charge on any atom is -0.392 e. The fourth-order valence-electron chi connectivity index (χ4n) is 2.33. The van der Waals surface area contributed by atoms with E-state index in [2.05, 4.69) is 9.80 Å². The highest BCUT2D eigenvalue weighted by Gasteiger charge is 2.31. The van der Waals surface area contributed by atoms with Crippen LogP contribution >= 0.6 is 0 Å². The number of piperazine rings is 1. The third kappa shape index (κ3) is 3.41. The van der Waals surface area contributed by atoms with Crippen LogP contribution in [-0.4, -0.2) is 66.3 Å². The number of aliphatic hydroxyl groups excluding tert-OH is 1. The highest BCUT2D eigenvalue weighted by atomic mass is 16.3. The van der Waals surface area contributed by atoms with Crippen LogP contribution in [-0.2, 0) is 0 Å². The molecule has 88 valence electrons. The van der Waals surface area contributed by atoms with Crippen LogP contribution in [0, 0.1) is 0 Å². The van der Waals surface area contributed by atoms with Crippen LogP contribution in [0.1, 0.15) is 19.3 Å². The van der Waals surface area contributed by atoms with Crippen molar-refractivity contribution in [2.75, 3.05) is 39.3 Å². The van der Waals surface area contributed by atoms with Gasteiger partial charge in [-0.25, -0.2) is 0 Å². The molecule has 0 aromatic carbocycles. The van der Waals surface area contributed by atoms with Crippen LogP contribution in [0.25, 0.3) is 0 Å². The average Bonchev–Trinajstić information content (AvgIpc) is 3.03. The Morgan fingerprint density at radius 3 is 2.40 bits per heavy atom. The van der Waals surface area contributed by atoms with Crippen molar-refractivity contribution in [2.24, 2.45) is 5.73 Å². The second kappa shape index (κ2) is 5.25. The Morgan fingerprint density at radius 2 is 1.87 bits per heavy atom. The summed E-state index contributed by atoms with van der Waals surface area (Å²) >= 11 is 0. The summed E-state index contributed by atoms with van der Waals surface area (Å²) < 4.78 is 0. The lowest BCUT2D eigenvalue weighted by Gasteiger charge is -2.35. The third-order valence-corrected chi connectivity index (χ3v) is 3.44. The summed E-state index contributed by atoms with van der Waals surface area (Å²) in [5.74, 6) is 0. The summed E-state index contributed by atoms with van der Waals surface area (Å²) in [6.07, 6.45) is 3.29. The van der Waals surface area contributed by atoms with E-state index in [-0.39, 0.29) is 6.10 Å². The van der Waals surface area contributed by atoms with Gasteiger partial charge in [-0.15, -0.1) is 0 Å². The highest BCUT2D eigenvalue weighted by Crippen LogP contribution is 2.27. The number of hydrogen-bond acceptors (Lipinski definition) is 4. The molecule has 0 spiro atoms.